The van der Waals surface area contributed by atoms with Crippen LogP contribution in [0.25, 0.3) is 0 Å². The lowest BCUT2D eigenvalue weighted by molar-refractivity contribution is 0.153. The van der Waals surface area contributed by atoms with Gasteiger partial charge in [0.15, 0.2) is 0 Å². The molecule has 1 aromatic carbocycles. The van der Waals surface area contributed by atoms with Crippen molar-refractivity contribution in [1.82, 2.24) is 10.2 Å². The minimum absolute atomic E-state index is 0.226. The maximum atomic E-state index is 5.76. The number of rotatable bonds is 7. The predicted molar refractivity (Wildman–Crippen MR) is 88.8 cm³/mol. The van der Waals surface area contributed by atoms with Crippen LogP contribution in [0.1, 0.15) is 45.1 Å². The van der Waals surface area contributed by atoms with Crippen molar-refractivity contribution < 1.29 is 4.74 Å². The quantitative estimate of drug-likeness (QED) is 0.832. The van der Waals surface area contributed by atoms with E-state index in [1.807, 2.05) is 6.07 Å². The first-order chi connectivity index (χ1) is 10.0. The average molecular weight is 290 g/mol. The van der Waals surface area contributed by atoms with E-state index in [1.165, 1.54) is 31.2 Å². The maximum absolute atomic E-state index is 5.76. The third-order valence-electron chi connectivity index (χ3n) is 4.54. The van der Waals surface area contributed by atoms with Gasteiger partial charge in [-0.05, 0) is 58.5 Å². The van der Waals surface area contributed by atoms with E-state index in [2.05, 4.69) is 56.4 Å². The van der Waals surface area contributed by atoms with Gasteiger partial charge in [-0.25, -0.2) is 0 Å². The molecule has 0 aromatic heterocycles. The number of hydrogen-bond acceptors (Lipinski definition) is 3. The third kappa shape index (κ3) is 4.45. The van der Waals surface area contributed by atoms with E-state index >= 15 is 0 Å². The largest absolute Gasteiger partial charge is 0.491 e. The summed E-state index contributed by atoms with van der Waals surface area (Å²) in [5, 5.41) is 3.65. The van der Waals surface area contributed by atoms with E-state index in [0.29, 0.717) is 5.54 Å². The molecule has 1 aromatic rings. The first-order valence-electron chi connectivity index (χ1n) is 8.16. The normalized spacial score (nSPS) is 17.6. The molecule has 0 heterocycles. The number of hydrogen-bond donors (Lipinski definition) is 1. The number of likely N-dealkylation sites (N-methyl/N-ethyl adjacent to an activating group) is 1. The summed E-state index contributed by atoms with van der Waals surface area (Å²) >= 11 is 0. The standard InChI is InChI=1S/C18H30N2O/c1-15(2)21-17-9-7-8-16(12-17)13-19-14-18(20(3)4)10-5-6-11-18/h7-9,12,15,19H,5-6,10-11,13-14H2,1-4H3. The molecule has 1 N–H and O–H groups in total. The van der Waals surface area contributed by atoms with Gasteiger partial charge in [0, 0.05) is 18.6 Å². The maximum Gasteiger partial charge on any atom is 0.120 e. The fraction of sp³-hybridized carbons (Fsp3) is 0.667. The molecule has 0 aliphatic heterocycles. The van der Waals surface area contributed by atoms with Crippen molar-refractivity contribution >= 4 is 0 Å². The van der Waals surface area contributed by atoms with Gasteiger partial charge < -0.3 is 15.0 Å². The summed E-state index contributed by atoms with van der Waals surface area (Å²) in [5.41, 5.74) is 1.64. The number of benzene rings is 1. The summed E-state index contributed by atoms with van der Waals surface area (Å²) in [4.78, 5) is 2.41. The van der Waals surface area contributed by atoms with E-state index < -0.39 is 0 Å². The van der Waals surface area contributed by atoms with Crippen LogP contribution in [0.15, 0.2) is 24.3 Å². The van der Waals surface area contributed by atoms with Crippen molar-refractivity contribution in [3.8, 4) is 5.75 Å². The van der Waals surface area contributed by atoms with E-state index in [0.717, 1.165) is 18.8 Å². The number of nitrogens with zero attached hydrogens (tertiary/aromatic N) is 1. The lowest BCUT2D eigenvalue weighted by Crippen LogP contribution is -2.49. The summed E-state index contributed by atoms with van der Waals surface area (Å²) in [6.07, 6.45) is 5.56. The van der Waals surface area contributed by atoms with Gasteiger partial charge >= 0.3 is 0 Å². The lowest BCUT2D eigenvalue weighted by Gasteiger charge is -2.36. The summed E-state index contributed by atoms with van der Waals surface area (Å²) in [6, 6.07) is 8.41. The van der Waals surface area contributed by atoms with Gasteiger partial charge in [-0.15, -0.1) is 0 Å². The van der Waals surface area contributed by atoms with Crippen molar-refractivity contribution in [2.24, 2.45) is 0 Å². The van der Waals surface area contributed by atoms with Crippen molar-refractivity contribution in [3.63, 3.8) is 0 Å². The van der Waals surface area contributed by atoms with Gasteiger partial charge in [0.2, 0.25) is 0 Å². The Morgan fingerprint density at radius 1 is 1.24 bits per heavy atom. The van der Waals surface area contributed by atoms with Gasteiger partial charge in [-0.3, -0.25) is 0 Å². The molecule has 2 rings (SSSR count). The Kier molecular flexibility index (Phi) is 5.65. The molecule has 0 spiro atoms. The molecule has 0 atom stereocenters. The van der Waals surface area contributed by atoms with E-state index in [4.69, 9.17) is 4.74 Å². The first kappa shape index (κ1) is 16.3. The van der Waals surface area contributed by atoms with Crippen LogP contribution in [-0.4, -0.2) is 37.2 Å². The van der Waals surface area contributed by atoms with Crippen LogP contribution >= 0.6 is 0 Å². The highest BCUT2D eigenvalue weighted by Gasteiger charge is 2.35. The second-order valence-electron chi connectivity index (χ2n) is 6.74. The predicted octanol–water partition coefficient (Wildman–Crippen LogP) is 3.44. The van der Waals surface area contributed by atoms with Gasteiger partial charge in [0.25, 0.3) is 0 Å². The summed E-state index contributed by atoms with van der Waals surface area (Å²) in [5.74, 6) is 0.965. The van der Waals surface area contributed by atoms with Crippen molar-refractivity contribution in [2.45, 2.75) is 57.7 Å². The Balaban J connectivity index is 1.88. The zero-order valence-electron chi connectivity index (χ0n) is 14.0. The van der Waals surface area contributed by atoms with Crippen molar-refractivity contribution in [2.75, 3.05) is 20.6 Å². The molecular formula is C18H30N2O. The molecule has 0 bridgehead atoms. The molecule has 1 fully saturated rings. The van der Waals surface area contributed by atoms with Crippen LogP contribution in [0.2, 0.25) is 0 Å². The molecule has 1 aliphatic rings. The topological polar surface area (TPSA) is 24.5 Å². The summed E-state index contributed by atoms with van der Waals surface area (Å²) < 4.78 is 5.76. The monoisotopic (exact) mass is 290 g/mol. The Bertz CT molecular complexity index is 437. The SMILES string of the molecule is CC(C)Oc1cccc(CNCC2(N(C)C)CCCC2)c1. The van der Waals surface area contributed by atoms with Gasteiger partial charge in [0.05, 0.1) is 6.10 Å². The molecule has 0 amide bonds. The van der Waals surface area contributed by atoms with Crippen LogP contribution < -0.4 is 10.1 Å². The van der Waals surface area contributed by atoms with Gasteiger partial charge in [0.1, 0.15) is 5.75 Å². The summed E-state index contributed by atoms with van der Waals surface area (Å²) in [6.45, 7) is 6.10. The second kappa shape index (κ2) is 7.28. The van der Waals surface area contributed by atoms with Gasteiger partial charge in [-0.1, -0.05) is 25.0 Å². The number of nitrogens with one attached hydrogen (secondary N) is 1. The Hall–Kier alpha value is -1.06. The Labute approximate surface area is 129 Å². The molecule has 118 valence electrons. The second-order valence-corrected chi connectivity index (χ2v) is 6.74. The number of ether oxygens (including phenoxy) is 1. The molecule has 3 nitrogen and oxygen atoms in total. The molecule has 21 heavy (non-hydrogen) atoms. The minimum atomic E-state index is 0.226. The lowest BCUT2D eigenvalue weighted by atomic mass is 9.96. The highest BCUT2D eigenvalue weighted by Crippen LogP contribution is 2.33. The molecule has 3 heteroatoms. The molecule has 1 aliphatic carbocycles. The zero-order valence-corrected chi connectivity index (χ0v) is 14.0. The van der Waals surface area contributed by atoms with Crippen molar-refractivity contribution in [1.29, 1.82) is 0 Å². The molecule has 0 radical (unpaired) electrons. The first-order valence-corrected chi connectivity index (χ1v) is 8.16. The fourth-order valence-corrected chi connectivity index (χ4v) is 3.26. The van der Waals surface area contributed by atoms with E-state index in [9.17, 15) is 0 Å². The van der Waals surface area contributed by atoms with E-state index in [1.54, 1.807) is 0 Å². The third-order valence-corrected chi connectivity index (χ3v) is 4.54. The Morgan fingerprint density at radius 2 is 1.95 bits per heavy atom. The van der Waals surface area contributed by atoms with Crippen LogP contribution in [0.5, 0.6) is 5.75 Å². The van der Waals surface area contributed by atoms with Crippen molar-refractivity contribution in [3.05, 3.63) is 29.8 Å². The molecular weight excluding hydrogens is 260 g/mol. The Morgan fingerprint density at radius 3 is 2.57 bits per heavy atom. The zero-order chi connectivity index (χ0) is 15.3. The van der Waals surface area contributed by atoms with Crippen LogP contribution in [-0.2, 0) is 6.54 Å². The van der Waals surface area contributed by atoms with Crippen LogP contribution in [0.4, 0.5) is 0 Å². The van der Waals surface area contributed by atoms with E-state index in [-0.39, 0.29) is 6.10 Å². The minimum Gasteiger partial charge on any atom is -0.491 e. The molecule has 0 unspecified atom stereocenters. The fourth-order valence-electron chi connectivity index (χ4n) is 3.26. The van der Waals surface area contributed by atoms with Crippen LogP contribution in [0, 0.1) is 0 Å². The smallest absolute Gasteiger partial charge is 0.120 e. The molecule has 1 saturated carbocycles. The van der Waals surface area contributed by atoms with Crippen LogP contribution in [0.3, 0.4) is 0 Å². The van der Waals surface area contributed by atoms with Gasteiger partial charge in [-0.2, -0.15) is 0 Å². The highest BCUT2D eigenvalue weighted by atomic mass is 16.5. The average Bonchev–Trinajstić information content (AvgIpc) is 2.88. The summed E-state index contributed by atoms with van der Waals surface area (Å²) in [7, 11) is 4.42. The highest BCUT2D eigenvalue weighted by molar-refractivity contribution is 5.28. The molecule has 0 saturated heterocycles.